The largest absolute Gasteiger partial charge is 0.352 e. The summed E-state index contributed by atoms with van der Waals surface area (Å²) in [7, 11) is 3.43. The van der Waals surface area contributed by atoms with Gasteiger partial charge in [0.1, 0.15) is 5.65 Å². The predicted octanol–water partition coefficient (Wildman–Crippen LogP) is 0.328. The number of carbonyl (C=O) groups excluding carboxylic acids is 1. The van der Waals surface area contributed by atoms with E-state index in [-0.39, 0.29) is 11.7 Å². The molecule has 0 spiro atoms. The Morgan fingerprint density at radius 2 is 2.36 bits per heavy atom. The number of fused-ring (bicyclic) bond motifs is 1. The third-order valence-corrected chi connectivity index (χ3v) is 2.04. The zero-order valence-electron chi connectivity index (χ0n) is 7.98. The number of aryl methyl sites for hydroxylation is 1. The van der Waals surface area contributed by atoms with Gasteiger partial charge in [0.25, 0.3) is 5.91 Å². The SMILES string of the molecule is CNC(=O)c1ncc2ccn(C)c2n1. The highest BCUT2D eigenvalue weighted by atomic mass is 16.2. The van der Waals surface area contributed by atoms with Crippen LogP contribution in [0.1, 0.15) is 10.6 Å². The van der Waals surface area contributed by atoms with Gasteiger partial charge in [-0.1, -0.05) is 0 Å². The minimum Gasteiger partial charge on any atom is -0.352 e. The number of carbonyl (C=O) groups is 1. The molecule has 0 aromatic carbocycles. The Bertz CT molecular complexity index is 489. The summed E-state index contributed by atoms with van der Waals surface area (Å²) >= 11 is 0. The lowest BCUT2D eigenvalue weighted by Crippen LogP contribution is -2.20. The van der Waals surface area contributed by atoms with Crippen molar-refractivity contribution in [1.29, 1.82) is 0 Å². The third kappa shape index (κ3) is 1.22. The smallest absolute Gasteiger partial charge is 0.288 e. The van der Waals surface area contributed by atoms with Gasteiger partial charge in [0.15, 0.2) is 0 Å². The van der Waals surface area contributed by atoms with Crippen molar-refractivity contribution >= 4 is 16.9 Å². The summed E-state index contributed by atoms with van der Waals surface area (Å²) in [6.07, 6.45) is 3.53. The number of nitrogens with zero attached hydrogens (tertiary/aromatic N) is 3. The Labute approximate surface area is 80.8 Å². The van der Waals surface area contributed by atoms with Crippen LogP contribution in [-0.2, 0) is 7.05 Å². The first-order valence-corrected chi connectivity index (χ1v) is 4.22. The summed E-state index contributed by atoms with van der Waals surface area (Å²) in [5, 5.41) is 3.42. The normalized spacial score (nSPS) is 10.4. The number of nitrogens with one attached hydrogen (secondary N) is 1. The molecule has 0 saturated heterocycles. The van der Waals surface area contributed by atoms with Gasteiger partial charge in [-0.25, -0.2) is 9.97 Å². The molecule has 72 valence electrons. The standard InChI is InChI=1S/C9H10N4O/c1-10-9(14)7-11-5-6-3-4-13(2)8(6)12-7/h3-5H,1-2H3,(H,10,14). The molecule has 1 amide bonds. The van der Waals surface area contributed by atoms with Gasteiger partial charge in [0.05, 0.1) is 0 Å². The van der Waals surface area contributed by atoms with Crippen LogP contribution in [0.4, 0.5) is 0 Å². The fourth-order valence-electron chi connectivity index (χ4n) is 1.27. The highest BCUT2D eigenvalue weighted by Crippen LogP contribution is 2.10. The van der Waals surface area contributed by atoms with Gasteiger partial charge in [0, 0.05) is 31.9 Å². The molecule has 0 fully saturated rings. The topological polar surface area (TPSA) is 59.8 Å². The van der Waals surface area contributed by atoms with Crippen LogP contribution in [0.5, 0.6) is 0 Å². The van der Waals surface area contributed by atoms with E-state index in [9.17, 15) is 4.79 Å². The van der Waals surface area contributed by atoms with Crippen LogP contribution in [0.3, 0.4) is 0 Å². The maximum absolute atomic E-state index is 11.2. The minimum absolute atomic E-state index is 0.196. The number of hydrogen-bond donors (Lipinski definition) is 1. The summed E-state index contributed by atoms with van der Waals surface area (Å²) in [5.74, 6) is -0.0742. The van der Waals surface area contributed by atoms with E-state index < -0.39 is 0 Å². The van der Waals surface area contributed by atoms with Gasteiger partial charge in [-0.2, -0.15) is 0 Å². The third-order valence-electron chi connectivity index (χ3n) is 2.04. The zero-order valence-corrected chi connectivity index (χ0v) is 7.98. The van der Waals surface area contributed by atoms with Crippen molar-refractivity contribution < 1.29 is 4.79 Å². The van der Waals surface area contributed by atoms with E-state index in [1.807, 2.05) is 23.9 Å². The van der Waals surface area contributed by atoms with Crippen molar-refractivity contribution in [3.63, 3.8) is 0 Å². The Balaban J connectivity index is 2.60. The molecule has 0 atom stereocenters. The van der Waals surface area contributed by atoms with Crippen LogP contribution in [-0.4, -0.2) is 27.5 Å². The Hall–Kier alpha value is -1.91. The molecule has 2 rings (SSSR count). The van der Waals surface area contributed by atoms with Crippen molar-refractivity contribution in [2.75, 3.05) is 7.05 Å². The molecule has 0 unspecified atom stereocenters. The number of hydrogen-bond acceptors (Lipinski definition) is 3. The first kappa shape index (κ1) is 8.68. The Morgan fingerprint density at radius 3 is 3.07 bits per heavy atom. The second-order valence-electron chi connectivity index (χ2n) is 2.98. The average Bonchev–Trinajstić information content (AvgIpc) is 2.59. The lowest BCUT2D eigenvalue weighted by molar-refractivity contribution is 0.0953. The van der Waals surface area contributed by atoms with E-state index in [4.69, 9.17) is 0 Å². The summed E-state index contributed by atoms with van der Waals surface area (Å²) in [6, 6.07) is 1.91. The molecule has 5 nitrogen and oxygen atoms in total. The molecule has 0 aliphatic carbocycles. The molecular formula is C9H10N4O. The minimum atomic E-state index is -0.270. The monoisotopic (exact) mass is 190 g/mol. The zero-order chi connectivity index (χ0) is 10.1. The van der Waals surface area contributed by atoms with Crippen molar-refractivity contribution in [1.82, 2.24) is 19.9 Å². The van der Waals surface area contributed by atoms with Crippen LogP contribution in [0.2, 0.25) is 0 Å². The molecule has 0 aliphatic rings. The van der Waals surface area contributed by atoms with Gasteiger partial charge in [0.2, 0.25) is 5.82 Å². The molecular weight excluding hydrogens is 180 g/mol. The second-order valence-corrected chi connectivity index (χ2v) is 2.98. The van der Waals surface area contributed by atoms with Crippen molar-refractivity contribution in [3.05, 3.63) is 24.3 Å². The summed E-state index contributed by atoms with van der Waals surface area (Å²) < 4.78 is 1.85. The fraction of sp³-hybridized carbons (Fsp3) is 0.222. The molecule has 2 aromatic heterocycles. The molecule has 0 saturated carbocycles. The highest BCUT2D eigenvalue weighted by Gasteiger charge is 2.08. The second kappa shape index (κ2) is 3.10. The van der Waals surface area contributed by atoms with Crippen LogP contribution in [0.15, 0.2) is 18.5 Å². The lowest BCUT2D eigenvalue weighted by atomic mass is 10.4. The van der Waals surface area contributed by atoms with Gasteiger partial charge < -0.3 is 9.88 Å². The quantitative estimate of drug-likeness (QED) is 0.704. The van der Waals surface area contributed by atoms with Crippen LogP contribution >= 0.6 is 0 Å². The molecule has 5 heteroatoms. The van der Waals surface area contributed by atoms with Gasteiger partial charge in [-0.15, -0.1) is 0 Å². The summed E-state index contributed by atoms with van der Waals surface area (Å²) in [6.45, 7) is 0. The molecule has 0 radical (unpaired) electrons. The summed E-state index contributed by atoms with van der Waals surface area (Å²) in [5.41, 5.74) is 0.763. The first-order valence-electron chi connectivity index (χ1n) is 4.22. The van der Waals surface area contributed by atoms with E-state index >= 15 is 0 Å². The van der Waals surface area contributed by atoms with Crippen LogP contribution < -0.4 is 5.32 Å². The van der Waals surface area contributed by atoms with Gasteiger partial charge >= 0.3 is 0 Å². The molecule has 0 aliphatic heterocycles. The highest BCUT2D eigenvalue weighted by molar-refractivity contribution is 5.92. The van der Waals surface area contributed by atoms with E-state index in [0.29, 0.717) is 0 Å². The van der Waals surface area contributed by atoms with Gasteiger partial charge in [-0.3, -0.25) is 4.79 Å². The maximum atomic E-state index is 11.2. The maximum Gasteiger partial charge on any atom is 0.288 e. The molecule has 0 bridgehead atoms. The van der Waals surface area contributed by atoms with Crippen molar-refractivity contribution in [2.24, 2.45) is 7.05 Å². The summed E-state index contributed by atoms with van der Waals surface area (Å²) in [4.78, 5) is 19.3. The van der Waals surface area contributed by atoms with Crippen molar-refractivity contribution in [3.8, 4) is 0 Å². The molecule has 1 N–H and O–H groups in total. The fourth-order valence-corrected chi connectivity index (χ4v) is 1.27. The Morgan fingerprint density at radius 1 is 1.57 bits per heavy atom. The number of amides is 1. The van der Waals surface area contributed by atoms with Crippen LogP contribution in [0, 0.1) is 0 Å². The average molecular weight is 190 g/mol. The lowest BCUT2D eigenvalue weighted by Gasteiger charge is -1.99. The first-order chi connectivity index (χ1) is 6.72. The Kier molecular flexibility index (Phi) is 1.92. The van der Waals surface area contributed by atoms with Crippen molar-refractivity contribution in [2.45, 2.75) is 0 Å². The van der Waals surface area contributed by atoms with E-state index in [2.05, 4.69) is 15.3 Å². The van der Waals surface area contributed by atoms with Crippen LogP contribution in [0.25, 0.3) is 11.0 Å². The van der Waals surface area contributed by atoms with E-state index in [1.165, 1.54) is 0 Å². The van der Waals surface area contributed by atoms with Gasteiger partial charge in [-0.05, 0) is 6.07 Å². The number of rotatable bonds is 1. The van der Waals surface area contributed by atoms with E-state index in [0.717, 1.165) is 11.0 Å². The molecule has 2 aromatic rings. The molecule has 2 heterocycles. The van der Waals surface area contributed by atoms with E-state index in [1.54, 1.807) is 13.2 Å². The molecule has 14 heavy (non-hydrogen) atoms. The predicted molar refractivity (Wildman–Crippen MR) is 51.9 cm³/mol. The number of aromatic nitrogens is 3.